The maximum atomic E-state index is 12.0. The summed E-state index contributed by atoms with van der Waals surface area (Å²) >= 11 is 0. The first-order valence-corrected chi connectivity index (χ1v) is 7.55. The lowest BCUT2D eigenvalue weighted by Gasteiger charge is -2.27. The van der Waals surface area contributed by atoms with E-state index in [9.17, 15) is 14.4 Å². The number of carbonyl (C=O) groups excluding carboxylic acids is 3. The summed E-state index contributed by atoms with van der Waals surface area (Å²) in [4.78, 5) is 36.7. The molecule has 0 saturated carbocycles. The lowest BCUT2D eigenvalue weighted by molar-refractivity contribution is -0.146. The second-order valence-electron chi connectivity index (χ2n) is 5.96. The van der Waals surface area contributed by atoms with Crippen molar-refractivity contribution < 1.29 is 19.1 Å². The van der Waals surface area contributed by atoms with Crippen molar-refractivity contribution in [2.75, 3.05) is 13.1 Å². The van der Waals surface area contributed by atoms with E-state index in [0.29, 0.717) is 24.1 Å². The third-order valence-corrected chi connectivity index (χ3v) is 3.16. The van der Waals surface area contributed by atoms with Crippen LogP contribution in [0.25, 0.3) is 0 Å². The standard InChI is InChI=1S/C18H27NO4/c1-8-17(21)19(10-14(6)9-16(20)12(2)3)11-15(7)23-18(22)13(4)5/h8,14-15H,1-2,4,9-11H2,3,5-7H3. The van der Waals surface area contributed by atoms with Gasteiger partial charge >= 0.3 is 5.97 Å². The van der Waals surface area contributed by atoms with E-state index in [0.717, 1.165) is 0 Å². The smallest absolute Gasteiger partial charge is 0.333 e. The summed E-state index contributed by atoms with van der Waals surface area (Å²) in [5, 5.41) is 0. The Balaban J connectivity index is 4.76. The Morgan fingerprint density at radius 3 is 2.09 bits per heavy atom. The van der Waals surface area contributed by atoms with E-state index in [-0.39, 0.29) is 24.2 Å². The molecule has 0 aliphatic carbocycles. The maximum Gasteiger partial charge on any atom is 0.333 e. The van der Waals surface area contributed by atoms with Crippen molar-refractivity contribution in [3.05, 3.63) is 37.0 Å². The van der Waals surface area contributed by atoms with Crippen LogP contribution in [0.2, 0.25) is 0 Å². The van der Waals surface area contributed by atoms with Crippen molar-refractivity contribution in [1.82, 2.24) is 4.90 Å². The summed E-state index contributed by atoms with van der Waals surface area (Å²) in [6.45, 7) is 18.0. The Morgan fingerprint density at radius 2 is 1.65 bits per heavy atom. The Bertz CT molecular complexity index is 471. The van der Waals surface area contributed by atoms with Gasteiger partial charge in [0.05, 0.1) is 6.54 Å². The van der Waals surface area contributed by atoms with Crippen molar-refractivity contribution in [1.29, 1.82) is 0 Å². The molecule has 128 valence electrons. The van der Waals surface area contributed by atoms with Gasteiger partial charge in [0.25, 0.3) is 0 Å². The largest absolute Gasteiger partial charge is 0.457 e. The number of rotatable bonds is 10. The molecule has 0 heterocycles. The van der Waals surface area contributed by atoms with Crippen LogP contribution in [-0.4, -0.2) is 41.8 Å². The number of Topliss-reactive ketones (excluding diaryl/α,β-unsaturated/α-hetero) is 1. The van der Waals surface area contributed by atoms with E-state index < -0.39 is 12.1 Å². The summed E-state index contributed by atoms with van der Waals surface area (Å²) in [6.07, 6.45) is 1.05. The highest BCUT2D eigenvalue weighted by Crippen LogP contribution is 2.11. The van der Waals surface area contributed by atoms with Gasteiger partial charge in [-0.3, -0.25) is 9.59 Å². The third kappa shape index (κ3) is 8.14. The van der Waals surface area contributed by atoms with Gasteiger partial charge in [0.2, 0.25) is 5.91 Å². The molecular formula is C18H27NO4. The van der Waals surface area contributed by atoms with Crippen LogP contribution in [0.5, 0.6) is 0 Å². The highest BCUT2D eigenvalue weighted by atomic mass is 16.5. The van der Waals surface area contributed by atoms with Crippen LogP contribution in [0.4, 0.5) is 0 Å². The number of hydrogen-bond donors (Lipinski definition) is 0. The molecule has 0 aromatic carbocycles. The van der Waals surface area contributed by atoms with E-state index >= 15 is 0 Å². The highest BCUT2D eigenvalue weighted by molar-refractivity contribution is 5.94. The molecule has 0 aliphatic heterocycles. The van der Waals surface area contributed by atoms with Gasteiger partial charge in [-0.25, -0.2) is 4.79 Å². The quantitative estimate of drug-likeness (QED) is 0.458. The summed E-state index contributed by atoms with van der Waals surface area (Å²) in [5.74, 6) is -0.815. The number of esters is 1. The van der Waals surface area contributed by atoms with Crippen molar-refractivity contribution in [2.45, 2.75) is 40.2 Å². The average molecular weight is 321 g/mol. The minimum absolute atomic E-state index is 0.0229. The number of ether oxygens (including phenoxy) is 1. The average Bonchev–Trinajstić information content (AvgIpc) is 2.44. The molecule has 23 heavy (non-hydrogen) atoms. The monoisotopic (exact) mass is 321 g/mol. The topological polar surface area (TPSA) is 63.7 Å². The lowest BCUT2D eigenvalue weighted by Crippen LogP contribution is -2.40. The van der Waals surface area contributed by atoms with Crippen molar-refractivity contribution >= 4 is 17.7 Å². The minimum atomic E-state index is -0.492. The van der Waals surface area contributed by atoms with E-state index in [1.54, 1.807) is 20.8 Å². The molecule has 0 radical (unpaired) electrons. The fourth-order valence-corrected chi connectivity index (χ4v) is 1.95. The Morgan fingerprint density at radius 1 is 1.09 bits per heavy atom. The lowest BCUT2D eigenvalue weighted by atomic mass is 10.0. The van der Waals surface area contributed by atoms with Crippen LogP contribution in [-0.2, 0) is 19.1 Å². The van der Waals surface area contributed by atoms with Gasteiger partial charge in [0, 0.05) is 18.5 Å². The van der Waals surface area contributed by atoms with Gasteiger partial charge in [0.1, 0.15) is 6.10 Å². The van der Waals surface area contributed by atoms with Crippen LogP contribution in [0.1, 0.15) is 34.1 Å². The highest BCUT2D eigenvalue weighted by Gasteiger charge is 2.20. The van der Waals surface area contributed by atoms with Crippen LogP contribution in [0.3, 0.4) is 0 Å². The van der Waals surface area contributed by atoms with E-state index in [1.807, 2.05) is 6.92 Å². The van der Waals surface area contributed by atoms with E-state index in [1.165, 1.54) is 11.0 Å². The Hall–Kier alpha value is -2.17. The molecule has 0 spiro atoms. The molecule has 0 bridgehead atoms. The van der Waals surface area contributed by atoms with Crippen molar-refractivity contribution in [3.63, 3.8) is 0 Å². The second-order valence-corrected chi connectivity index (χ2v) is 5.96. The number of amides is 1. The fourth-order valence-electron chi connectivity index (χ4n) is 1.95. The molecule has 0 fully saturated rings. The van der Waals surface area contributed by atoms with Crippen LogP contribution >= 0.6 is 0 Å². The summed E-state index contributed by atoms with van der Waals surface area (Å²) < 4.78 is 5.19. The molecule has 1 amide bonds. The maximum absolute atomic E-state index is 12.0. The van der Waals surface area contributed by atoms with Gasteiger partial charge in [-0.15, -0.1) is 0 Å². The summed E-state index contributed by atoms with van der Waals surface area (Å²) in [5.41, 5.74) is 0.807. The third-order valence-electron chi connectivity index (χ3n) is 3.16. The fraction of sp³-hybridized carbons (Fsp3) is 0.500. The number of hydrogen-bond acceptors (Lipinski definition) is 4. The summed E-state index contributed by atoms with van der Waals surface area (Å²) in [7, 11) is 0. The first-order chi connectivity index (χ1) is 10.6. The van der Waals surface area contributed by atoms with Crippen LogP contribution < -0.4 is 0 Å². The molecule has 0 aromatic heterocycles. The van der Waals surface area contributed by atoms with E-state index in [4.69, 9.17) is 4.74 Å². The van der Waals surface area contributed by atoms with Gasteiger partial charge in [-0.05, 0) is 38.3 Å². The zero-order valence-electron chi connectivity index (χ0n) is 14.6. The van der Waals surface area contributed by atoms with Gasteiger partial charge in [-0.2, -0.15) is 0 Å². The van der Waals surface area contributed by atoms with Crippen molar-refractivity contribution in [3.8, 4) is 0 Å². The molecule has 0 aromatic rings. The molecule has 0 rings (SSSR count). The predicted molar refractivity (Wildman–Crippen MR) is 90.7 cm³/mol. The Kier molecular flexibility index (Phi) is 8.85. The zero-order chi connectivity index (χ0) is 18.2. The van der Waals surface area contributed by atoms with Crippen LogP contribution in [0.15, 0.2) is 37.0 Å². The second kappa shape index (κ2) is 9.77. The van der Waals surface area contributed by atoms with Gasteiger partial charge in [0.15, 0.2) is 5.78 Å². The molecule has 0 N–H and O–H groups in total. The Labute approximate surface area is 138 Å². The molecule has 0 saturated heterocycles. The van der Waals surface area contributed by atoms with Crippen molar-refractivity contribution in [2.24, 2.45) is 5.92 Å². The van der Waals surface area contributed by atoms with Gasteiger partial charge in [-0.1, -0.05) is 26.7 Å². The SMILES string of the molecule is C=CC(=O)N(CC(C)CC(=O)C(=C)C)CC(C)OC(=O)C(=C)C. The molecule has 0 aliphatic rings. The normalized spacial score (nSPS) is 12.7. The molecule has 5 nitrogen and oxygen atoms in total. The summed E-state index contributed by atoms with van der Waals surface area (Å²) in [6, 6.07) is 0. The number of ketones is 1. The zero-order valence-corrected chi connectivity index (χ0v) is 14.6. The first-order valence-electron chi connectivity index (χ1n) is 7.55. The van der Waals surface area contributed by atoms with E-state index in [2.05, 4.69) is 19.7 Å². The van der Waals surface area contributed by atoms with Gasteiger partial charge < -0.3 is 9.64 Å². The minimum Gasteiger partial charge on any atom is -0.457 e. The number of allylic oxidation sites excluding steroid dienone is 1. The molecule has 5 heteroatoms. The number of carbonyl (C=O) groups is 3. The molecular weight excluding hydrogens is 294 g/mol. The predicted octanol–water partition coefficient (Wildman–Crippen LogP) is 2.68. The first kappa shape index (κ1) is 20.8. The van der Waals surface area contributed by atoms with Crippen LogP contribution in [0, 0.1) is 5.92 Å². The molecule has 2 atom stereocenters. The number of nitrogens with zero attached hydrogens (tertiary/aromatic N) is 1. The molecule has 2 unspecified atom stereocenters.